The lowest BCUT2D eigenvalue weighted by molar-refractivity contribution is 0.162. The quantitative estimate of drug-likeness (QED) is 0.729. The predicted octanol–water partition coefficient (Wildman–Crippen LogP) is 1.83. The van der Waals surface area contributed by atoms with E-state index in [0.717, 1.165) is 18.5 Å². The number of aromatic amines is 1. The Balaban J connectivity index is 2.17. The molecule has 0 amide bonds. The Morgan fingerprint density at radius 3 is 2.73 bits per heavy atom. The molecule has 0 aromatic carbocycles. The second-order valence-corrected chi connectivity index (χ2v) is 10.9. The van der Waals surface area contributed by atoms with Gasteiger partial charge in [0.2, 0.25) is 0 Å². The molecular weight excluding hydrogens is 206 g/mol. The average Bonchev–Trinajstić information content (AvgIpc) is 2.54. The maximum absolute atomic E-state index is 9.75. The van der Waals surface area contributed by atoms with Gasteiger partial charge in [-0.15, -0.1) is 0 Å². The highest BCUT2D eigenvalue weighted by atomic mass is 28.3. The summed E-state index contributed by atoms with van der Waals surface area (Å²) in [6, 6.07) is 1.28. The molecule has 1 atom stereocenters. The number of aromatic nitrogens is 3. The summed E-state index contributed by atoms with van der Waals surface area (Å²) in [5.41, 5.74) is 0.843. The minimum absolute atomic E-state index is 0.272. The average molecular weight is 227 g/mol. The molecule has 0 aliphatic carbocycles. The predicted molar refractivity (Wildman–Crippen MR) is 63.5 cm³/mol. The second kappa shape index (κ2) is 5.41. The van der Waals surface area contributed by atoms with Crippen molar-refractivity contribution in [3.63, 3.8) is 0 Å². The fourth-order valence-electron chi connectivity index (χ4n) is 1.54. The van der Waals surface area contributed by atoms with Crippen LogP contribution in [-0.4, -0.2) is 34.7 Å². The molecule has 4 nitrogen and oxygen atoms in total. The zero-order chi connectivity index (χ0) is 11.3. The van der Waals surface area contributed by atoms with E-state index in [4.69, 9.17) is 0 Å². The first-order chi connectivity index (χ1) is 6.97. The molecule has 5 heteroatoms. The minimum atomic E-state index is -0.948. The lowest BCUT2D eigenvalue weighted by Crippen LogP contribution is -2.20. The molecule has 0 fully saturated rings. The number of nitrogens with one attached hydrogen (secondary N) is 1. The van der Waals surface area contributed by atoms with Gasteiger partial charge in [-0.3, -0.25) is 0 Å². The van der Waals surface area contributed by atoms with Crippen molar-refractivity contribution in [3.8, 4) is 0 Å². The molecule has 1 rings (SSSR count). The Morgan fingerprint density at radius 1 is 1.47 bits per heavy atom. The van der Waals surface area contributed by atoms with Crippen molar-refractivity contribution >= 4 is 8.07 Å². The summed E-state index contributed by atoms with van der Waals surface area (Å²) < 4.78 is 0. The highest BCUT2D eigenvalue weighted by Gasteiger charge is 2.14. The van der Waals surface area contributed by atoms with Crippen LogP contribution in [0.2, 0.25) is 25.7 Å². The standard InChI is InChI=1S/C10H21N3OSi/c1-15(2,3)6-4-5-10(14)7-9-8-11-13-12-9/h8,10,14H,4-7H2,1-3H3,(H,11,12,13). The Hall–Kier alpha value is -0.683. The van der Waals surface area contributed by atoms with Crippen molar-refractivity contribution in [1.82, 2.24) is 15.4 Å². The van der Waals surface area contributed by atoms with Crippen molar-refractivity contribution in [2.45, 2.75) is 51.1 Å². The summed E-state index contributed by atoms with van der Waals surface area (Å²) >= 11 is 0. The third-order valence-corrected chi connectivity index (χ3v) is 4.23. The third-order valence-electron chi connectivity index (χ3n) is 2.37. The van der Waals surface area contributed by atoms with E-state index < -0.39 is 8.07 Å². The van der Waals surface area contributed by atoms with Crippen LogP contribution in [-0.2, 0) is 6.42 Å². The van der Waals surface area contributed by atoms with Gasteiger partial charge in [-0.05, 0) is 6.42 Å². The number of aliphatic hydroxyl groups excluding tert-OH is 1. The number of H-pyrrole nitrogens is 1. The molecule has 0 aliphatic rings. The van der Waals surface area contributed by atoms with Crippen LogP contribution in [0.15, 0.2) is 6.20 Å². The highest BCUT2D eigenvalue weighted by Crippen LogP contribution is 2.15. The Bertz CT molecular complexity index is 269. The summed E-state index contributed by atoms with van der Waals surface area (Å²) in [5.74, 6) is 0. The van der Waals surface area contributed by atoms with Crippen LogP contribution >= 0.6 is 0 Å². The SMILES string of the molecule is C[Si](C)(C)CCCC(O)Cc1cn[nH]n1. The first-order valence-corrected chi connectivity index (χ1v) is 9.21. The van der Waals surface area contributed by atoms with Gasteiger partial charge in [-0.1, -0.05) is 32.1 Å². The minimum Gasteiger partial charge on any atom is -0.393 e. The van der Waals surface area contributed by atoms with E-state index in [1.165, 1.54) is 6.04 Å². The zero-order valence-electron chi connectivity index (χ0n) is 9.82. The summed E-state index contributed by atoms with van der Waals surface area (Å²) in [5, 5.41) is 19.9. The van der Waals surface area contributed by atoms with E-state index in [-0.39, 0.29) is 6.10 Å². The maximum atomic E-state index is 9.75. The smallest absolute Gasteiger partial charge is 0.0850 e. The molecule has 0 spiro atoms. The van der Waals surface area contributed by atoms with Crippen molar-refractivity contribution in [2.24, 2.45) is 0 Å². The lowest BCUT2D eigenvalue weighted by Gasteiger charge is -2.16. The van der Waals surface area contributed by atoms with Gasteiger partial charge in [0.15, 0.2) is 0 Å². The van der Waals surface area contributed by atoms with Crippen molar-refractivity contribution in [2.75, 3.05) is 0 Å². The number of rotatable bonds is 6. The monoisotopic (exact) mass is 227 g/mol. The van der Waals surface area contributed by atoms with E-state index >= 15 is 0 Å². The molecular formula is C10H21N3OSi. The fraction of sp³-hybridized carbons (Fsp3) is 0.800. The normalized spacial score (nSPS) is 14.1. The molecule has 1 aromatic heterocycles. The molecule has 0 radical (unpaired) electrons. The summed E-state index contributed by atoms with van der Waals surface area (Å²) in [6.07, 6.45) is 4.00. The van der Waals surface area contributed by atoms with E-state index in [1.807, 2.05) is 0 Å². The Morgan fingerprint density at radius 2 is 2.20 bits per heavy atom. The van der Waals surface area contributed by atoms with Gasteiger partial charge < -0.3 is 5.11 Å². The number of hydrogen-bond donors (Lipinski definition) is 2. The van der Waals surface area contributed by atoms with Gasteiger partial charge >= 0.3 is 0 Å². The fourth-order valence-corrected chi connectivity index (χ4v) is 2.80. The molecule has 0 bridgehead atoms. The third kappa shape index (κ3) is 5.69. The molecule has 1 aromatic rings. The number of nitrogens with zero attached hydrogens (tertiary/aromatic N) is 2. The van der Waals surface area contributed by atoms with Crippen LogP contribution in [0.4, 0.5) is 0 Å². The van der Waals surface area contributed by atoms with Crippen LogP contribution < -0.4 is 0 Å². The van der Waals surface area contributed by atoms with Gasteiger partial charge in [0.05, 0.1) is 18.0 Å². The van der Waals surface area contributed by atoms with Gasteiger partial charge in [0, 0.05) is 14.5 Å². The van der Waals surface area contributed by atoms with Gasteiger partial charge in [-0.25, -0.2) is 0 Å². The molecule has 1 heterocycles. The molecule has 0 aliphatic heterocycles. The summed E-state index contributed by atoms with van der Waals surface area (Å²) in [6.45, 7) is 7.07. The first kappa shape index (κ1) is 12.4. The first-order valence-electron chi connectivity index (χ1n) is 5.50. The summed E-state index contributed by atoms with van der Waals surface area (Å²) in [7, 11) is -0.948. The lowest BCUT2D eigenvalue weighted by atomic mass is 10.1. The number of aliphatic hydroxyl groups is 1. The van der Waals surface area contributed by atoms with Crippen LogP contribution in [0, 0.1) is 0 Å². The van der Waals surface area contributed by atoms with Crippen molar-refractivity contribution in [3.05, 3.63) is 11.9 Å². The maximum Gasteiger partial charge on any atom is 0.0850 e. The number of hydrogen-bond acceptors (Lipinski definition) is 3. The summed E-state index contributed by atoms with van der Waals surface area (Å²) in [4.78, 5) is 0. The largest absolute Gasteiger partial charge is 0.393 e. The van der Waals surface area contributed by atoms with Crippen LogP contribution in [0.25, 0.3) is 0 Å². The van der Waals surface area contributed by atoms with Crippen LogP contribution in [0.5, 0.6) is 0 Å². The molecule has 86 valence electrons. The molecule has 0 saturated carbocycles. The van der Waals surface area contributed by atoms with Gasteiger partial charge in [0.25, 0.3) is 0 Å². The highest BCUT2D eigenvalue weighted by molar-refractivity contribution is 6.76. The van der Waals surface area contributed by atoms with Crippen LogP contribution in [0.3, 0.4) is 0 Å². The van der Waals surface area contributed by atoms with E-state index in [1.54, 1.807) is 6.20 Å². The van der Waals surface area contributed by atoms with E-state index in [9.17, 15) is 5.11 Å². The Kier molecular flexibility index (Phi) is 4.47. The van der Waals surface area contributed by atoms with Crippen molar-refractivity contribution < 1.29 is 5.11 Å². The molecule has 2 N–H and O–H groups in total. The van der Waals surface area contributed by atoms with Crippen LogP contribution in [0.1, 0.15) is 18.5 Å². The zero-order valence-corrected chi connectivity index (χ0v) is 10.8. The molecule has 15 heavy (non-hydrogen) atoms. The van der Waals surface area contributed by atoms with Gasteiger partial charge in [-0.2, -0.15) is 15.4 Å². The molecule has 0 saturated heterocycles. The van der Waals surface area contributed by atoms with Gasteiger partial charge in [0.1, 0.15) is 0 Å². The van der Waals surface area contributed by atoms with E-state index in [2.05, 4.69) is 35.1 Å². The van der Waals surface area contributed by atoms with E-state index in [0.29, 0.717) is 6.42 Å². The Labute approximate surface area is 92.1 Å². The van der Waals surface area contributed by atoms with Crippen molar-refractivity contribution in [1.29, 1.82) is 0 Å². The molecule has 1 unspecified atom stereocenters. The second-order valence-electron chi connectivity index (χ2n) is 5.27. The topological polar surface area (TPSA) is 61.8 Å².